The van der Waals surface area contributed by atoms with Crippen LogP contribution in [0.1, 0.15) is 349 Å². The van der Waals surface area contributed by atoms with Crippen molar-refractivity contribution >= 4 is 22.3 Å². The van der Waals surface area contributed by atoms with Gasteiger partial charge in [-0.2, -0.15) is 0 Å². The molecule has 12 aromatic rings. The van der Waals surface area contributed by atoms with E-state index >= 15 is 0 Å². The van der Waals surface area contributed by atoms with E-state index in [0.29, 0.717) is 0 Å². The summed E-state index contributed by atoms with van der Waals surface area (Å²) in [5.74, 6) is -0.219. The van der Waals surface area contributed by atoms with E-state index in [1.807, 2.05) is 0 Å². The van der Waals surface area contributed by atoms with Gasteiger partial charge in [-0.3, -0.25) is 0 Å². The van der Waals surface area contributed by atoms with Gasteiger partial charge < -0.3 is 0 Å². The molecule has 0 heterocycles. The average molecular weight is 1570 g/mol. The van der Waals surface area contributed by atoms with E-state index in [4.69, 9.17) is 0 Å². The van der Waals surface area contributed by atoms with Gasteiger partial charge >= 0.3 is 0 Å². The highest BCUT2D eigenvalue weighted by atomic mass is 14.7. The van der Waals surface area contributed by atoms with Crippen LogP contribution in [0.3, 0.4) is 0 Å². The van der Waals surface area contributed by atoms with Crippen molar-refractivity contribution < 1.29 is 0 Å². The lowest BCUT2D eigenvalue weighted by atomic mass is 9.59. The molecule has 0 amide bonds. The van der Waals surface area contributed by atoms with Crippen LogP contribution in [0.25, 0.3) is 89.1 Å². The molecule has 0 aromatic heterocycles. The molecule has 2 atom stereocenters. The van der Waals surface area contributed by atoms with E-state index in [1.165, 1.54) is 178 Å². The molecule has 0 aliphatic heterocycles. The first-order chi connectivity index (χ1) is 58.9. The van der Waals surface area contributed by atoms with Crippen LogP contribution in [-0.4, -0.2) is 0 Å². The molecular formula is C120H126. The summed E-state index contributed by atoms with van der Waals surface area (Å²) in [6.45, 7) is 29.6. The second-order valence-corrected chi connectivity index (χ2v) is 38.3. The summed E-state index contributed by atoms with van der Waals surface area (Å²) in [6.07, 6.45) is 26.2. The Bertz CT molecular complexity index is 5990. The van der Waals surface area contributed by atoms with Crippen LogP contribution in [0.15, 0.2) is 249 Å². The summed E-state index contributed by atoms with van der Waals surface area (Å²) in [5, 5.41) is 0. The van der Waals surface area contributed by atoms with E-state index in [-0.39, 0.29) is 38.4 Å². The van der Waals surface area contributed by atoms with Gasteiger partial charge in [-0.05, 0) is 290 Å². The molecule has 0 heteroatoms. The molecule has 0 N–H and O–H groups in total. The lowest BCUT2D eigenvalue weighted by Crippen LogP contribution is -2.35. The lowest BCUT2D eigenvalue weighted by molar-refractivity contribution is 0.429. The fourth-order valence-corrected chi connectivity index (χ4v) is 28.9. The number of benzene rings is 12. The van der Waals surface area contributed by atoms with Gasteiger partial charge in [0.1, 0.15) is 0 Å². The van der Waals surface area contributed by atoms with Crippen LogP contribution in [0.4, 0.5) is 0 Å². The molecule has 8 aliphatic carbocycles. The summed E-state index contributed by atoms with van der Waals surface area (Å²) in [4.78, 5) is 0. The van der Waals surface area contributed by atoms with Crippen molar-refractivity contribution in [1.82, 2.24) is 0 Å². The predicted molar refractivity (Wildman–Crippen MR) is 512 cm³/mol. The monoisotopic (exact) mass is 1570 g/mol. The van der Waals surface area contributed by atoms with Gasteiger partial charge in [0.15, 0.2) is 0 Å². The molecule has 0 fully saturated rings. The molecule has 2 unspecified atom stereocenters. The Hall–Kier alpha value is -9.88. The summed E-state index contributed by atoms with van der Waals surface area (Å²) in [5.41, 5.74) is 49.4. The topological polar surface area (TPSA) is 0 Å². The van der Waals surface area contributed by atoms with Crippen molar-refractivity contribution in [1.29, 1.82) is 0 Å². The van der Waals surface area contributed by atoms with Crippen LogP contribution in [-0.2, 0) is 37.9 Å². The fourth-order valence-electron chi connectivity index (χ4n) is 28.9. The summed E-state index contributed by atoms with van der Waals surface area (Å²) >= 11 is 0. The SMILES string of the molecule is CCCC1(CCC)c2ccccc2-c2ccc(C3=C(c4ccc5c(c4)C(CCC)(CCC)c4ccccc4-5)C4(c5ccc6c(c5)C(CCC)(CCC)c5ccccc5-6)C(=C3c3ccc5c(c3)C(CCC)(CCC)c3ccccc3-5)c3ccc5c(c3C4c3ccc4c(c3)C(CCC)(CCC)c3ccccc3-4)C(CCC)(CCC)c3ccccc3-5)cc21. The first kappa shape index (κ1) is 78.6. The molecule has 0 radical (unpaired) electrons. The van der Waals surface area contributed by atoms with E-state index < -0.39 is 5.41 Å². The highest BCUT2D eigenvalue weighted by Crippen LogP contribution is 2.77. The largest absolute Gasteiger partial charge is 0.0653 e. The molecule has 0 spiro atoms. The lowest BCUT2D eigenvalue weighted by Gasteiger charge is -2.42. The molecule has 20 rings (SSSR count). The van der Waals surface area contributed by atoms with Crippen LogP contribution in [0, 0.1) is 0 Å². The third-order valence-electron chi connectivity index (χ3n) is 32.1. The average Bonchev–Trinajstić information content (AvgIpc) is 1.47. The molecule has 0 saturated heterocycles. The minimum Gasteiger partial charge on any atom is -0.0653 e. The smallest absolute Gasteiger partial charge is 0.0585 e. The maximum Gasteiger partial charge on any atom is 0.0585 e. The van der Waals surface area contributed by atoms with Crippen molar-refractivity contribution in [3.05, 3.63) is 354 Å². The molecule has 12 aromatic carbocycles. The quantitative estimate of drug-likeness (QED) is 0.0438. The molecule has 0 nitrogen and oxygen atoms in total. The van der Waals surface area contributed by atoms with Crippen molar-refractivity contribution in [3.63, 3.8) is 0 Å². The number of hydrogen-bond donors (Lipinski definition) is 0. The summed E-state index contributed by atoms with van der Waals surface area (Å²) in [6, 6.07) is 105. The Labute approximate surface area is 719 Å². The maximum atomic E-state index is 2.96. The zero-order chi connectivity index (χ0) is 82.2. The fraction of sp³-hybridized carbons (Fsp3) is 0.367. The molecule has 606 valence electrons. The summed E-state index contributed by atoms with van der Waals surface area (Å²) < 4.78 is 0. The van der Waals surface area contributed by atoms with E-state index in [2.05, 4.69) is 332 Å². The van der Waals surface area contributed by atoms with Gasteiger partial charge in [0.25, 0.3) is 0 Å². The van der Waals surface area contributed by atoms with Gasteiger partial charge in [0.2, 0.25) is 0 Å². The maximum absolute atomic E-state index is 2.96. The molecular weight excluding hydrogens is 1440 g/mol. The van der Waals surface area contributed by atoms with Gasteiger partial charge in [0.05, 0.1) is 5.41 Å². The van der Waals surface area contributed by atoms with Crippen molar-refractivity contribution in [2.24, 2.45) is 0 Å². The van der Waals surface area contributed by atoms with Gasteiger partial charge in [-0.25, -0.2) is 0 Å². The normalized spacial score (nSPS) is 18.6. The Kier molecular flexibility index (Phi) is 19.9. The zero-order valence-corrected chi connectivity index (χ0v) is 74.2. The number of rotatable bonds is 29. The van der Waals surface area contributed by atoms with Crippen molar-refractivity contribution in [2.75, 3.05) is 0 Å². The summed E-state index contributed by atoms with van der Waals surface area (Å²) in [7, 11) is 0. The van der Waals surface area contributed by atoms with Gasteiger partial charge in [-0.15, -0.1) is 0 Å². The second kappa shape index (κ2) is 30.3. The Balaban J connectivity index is 1.05. The van der Waals surface area contributed by atoms with E-state index in [0.717, 1.165) is 154 Å². The first-order valence-electron chi connectivity index (χ1n) is 47.9. The third kappa shape index (κ3) is 10.6. The highest BCUT2D eigenvalue weighted by Gasteiger charge is 2.64. The molecule has 0 bridgehead atoms. The molecule has 0 saturated carbocycles. The Morgan fingerprint density at radius 2 is 0.450 bits per heavy atom. The van der Waals surface area contributed by atoms with Crippen molar-refractivity contribution in [2.45, 2.75) is 281 Å². The standard InChI is InChI=1S/C120H126/c1-13-61-114(62-14-2)96-43-31-25-37-83(96)89-54-49-78(73-102(89)114)107-108(79-50-55-90-84-38-26-32-44-97(84)115(63-15-3,64-16-4)103(90)74-79)113-95-60-59-94-88-42-30-36-48-101(88)119(71-23-11,72-24-12)112(94)109(95)111(81-52-57-92-86-40-28-34-46-99(86)117(67-19-7,68-20-8)105(92)76-81)120(113,82-53-58-93-87-41-29-35-47-100(87)118(69-21-9,70-22-10)106(93)77-82)110(107)80-51-56-91-85-39-27-33-45-98(85)116(65-17-5,66-18-6)104(91)75-80/h25-60,73-77,111H,13-24,61-72H2,1-12H3. The number of allylic oxidation sites excluding steroid dienone is 4. The van der Waals surface area contributed by atoms with E-state index in [1.54, 1.807) is 16.7 Å². The predicted octanol–water partition coefficient (Wildman–Crippen LogP) is 33.5. The van der Waals surface area contributed by atoms with Crippen molar-refractivity contribution in [3.8, 4) is 66.8 Å². The van der Waals surface area contributed by atoms with Crippen LogP contribution in [0.5, 0.6) is 0 Å². The van der Waals surface area contributed by atoms with Crippen LogP contribution < -0.4 is 0 Å². The Morgan fingerprint density at radius 3 is 0.808 bits per heavy atom. The second-order valence-electron chi connectivity index (χ2n) is 38.3. The van der Waals surface area contributed by atoms with E-state index in [9.17, 15) is 0 Å². The minimum absolute atomic E-state index is 0.167. The highest BCUT2D eigenvalue weighted by molar-refractivity contribution is 6.34. The molecule has 8 aliphatic rings. The van der Waals surface area contributed by atoms with Gasteiger partial charge in [0, 0.05) is 38.4 Å². The number of hydrogen-bond acceptors (Lipinski definition) is 0. The third-order valence-corrected chi connectivity index (χ3v) is 32.1. The number of fused-ring (bicyclic) bond motifs is 22. The molecule has 120 heavy (non-hydrogen) atoms. The van der Waals surface area contributed by atoms with Crippen LogP contribution >= 0.6 is 0 Å². The first-order valence-corrected chi connectivity index (χ1v) is 47.9. The van der Waals surface area contributed by atoms with Gasteiger partial charge in [-0.1, -0.05) is 391 Å². The Morgan fingerprint density at radius 1 is 0.200 bits per heavy atom. The minimum atomic E-state index is -0.886. The van der Waals surface area contributed by atoms with Crippen LogP contribution in [0.2, 0.25) is 0 Å². The zero-order valence-electron chi connectivity index (χ0n) is 74.2.